The molecule has 1 saturated heterocycles. The number of hydrogen-bond acceptors (Lipinski definition) is 3. The maximum absolute atomic E-state index is 11.8. The summed E-state index contributed by atoms with van der Waals surface area (Å²) in [6.45, 7) is 4.04. The zero-order valence-corrected chi connectivity index (χ0v) is 11.6. The Morgan fingerprint density at radius 1 is 1.44 bits per heavy atom. The number of benzene rings is 1. The molecule has 0 aromatic heterocycles. The van der Waals surface area contributed by atoms with Crippen molar-refractivity contribution in [1.29, 1.82) is 0 Å². The molecule has 1 atom stereocenters. The fraction of sp³-hybridized carbons (Fsp3) is 0.500. The molecule has 4 heteroatoms. The smallest absolute Gasteiger partial charge is 0.230 e. The van der Waals surface area contributed by atoms with Crippen LogP contribution in [-0.4, -0.2) is 30.8 Å². The lowest BCUT2D eigenvalue weighted by Crippen LogP contribution is -2.46. The van der Waals surface area contributed by atoms with Crippen LogP contribution >= 0.6 is 11.8 Å². The Morgan fingerprint density at radius 3 is 2.89 bits per heavy atom. The zero-order chi connectivity index (χ0) is 12.8. The summed E-state index contributed by atoms with van der Waals surface area (Å²) in [5.41, 5.74) is 1.25. The number of piperidine rings is 1. The Balaban J connectivity index is 1.72. The molecule has 0 radical (unpaired) electrons. The van der Waals surface area contributed by atoms with E-state index in [0.29, 0.717) is 11.8 Å². The summed E-state index contributed by atoms with van der Waals surface area (Å²) in [5, 5.41) is 6.38. The van der Waals surface area contributed by atoms with Gasteiger partial charge in [0.25, 0.3) is 0 Å². The van der Waals surface area contributed by atoms with Gasteiger partial charge in [-0.1, -0.05) is 17.7 Å². The van der Waals surface area contributed by atoms with Crippen LogP contribution in [0.3, 0.4) is 0 Å². The van der Waals surface area contributed by atoms with Gasteiger partial charge in [-0.25, -0.2) is 0 Å². The summed E-state index contributed by atoms with van der Waals surface area (Å²) in [5.74, 6) is 0.633. The largest absolute Gasteiger partial charge is 0.351 e. The molecule has 0 spiro atoms. The van der Waals surface area contributed by atoms with E-state index in [1.165, 1.54) is 5.56 Å². The van der Waals surface area contributed by atoms with Crippen molar-refractivity contribution in [3.8, 4) is 0 Å². The predicted octanol–water partition coefficient (Wildman–Crippen LogP) is 1.96. The van der Waals surface area contributed by atoms with Gasteiger partial charge < -0.3 is 10.6 Å². The third-order valence-electron chi connectivity index (χ3n) is 3.05. The van der Waals surface area contributed by atoms with Crippen molar-refractivity contribution in [3.63, 3.8) is 0 Å². The van der Waals surface area contributed by atoms with Gasteiger partial charge in [0.15, 0.2) is 0 Å². The van der Waals surface area contributed by atoms with E-state index >= 15 is 0 Å². The van der Waals surface area contributed by atoms with Gasteiger partial charge in [0.1, 0.15) is 0 Å². The molecule has 1 heterocycles. The summed E-state index contributed by atoms with van der Waals surface area (Å²) in [7, 11) is 0. The van der Waals surface area contributed by atoms with E-state index < -0.39 is 0 Å². The number of hydrogen-bond donors (Lipinski definition) is 2. The van der Waals surface area contributed by atoms with Crippen LogP contribution in [0.1, 0.15) is 18.4 Å². The quantitative estimate of drug-likeness (QED) is 0.817. The first kappa shape index (κ1) is 13.4. The van der Waals surface area contributed by atoms with E-state index in [4.69, 9.17) is 0 Å². The van der Waals surface area contributed by atoms with Crippen LogP contribution in [0.5, 0.6) is 0 Å². The second-order valence-electron chi connectivity index (χ2n) is 4.71. The molecule has 1 aliphatic heterocycles. The van der Waals surface area contributed by atoms with Gasteiger partial charge in [0, 0.05) is 17.5 Å². The molecule has 0 bridgehead atoms. The second kappa shape index (κ2) is 6.81. The van der Waals surface area contributed by atoms with Gasteiger partial charge in [-0.3, -0.25) is 4.79 Å². The van der Waals surface area contributed by atoms with E-state index in [1.807, 2.05) is 0 Å². The van der Waals surface area contributed by atoms with Crippen molar-refractivity contribution < 1.29 is 4.79 Å². The SMILES string of the molecule is Cc1ccc(SCC(=O)N[C@H]2CCCNC2)cc1. The molecule has 2 rings (SSSR count). The third kappa shape index (κ3) is 4.35. The molecular weight excluding hydrogens is 244 g/mol. The van der Waals surface area contributed by atoms with Crippen molar-refractivity contribution in [2.45, 2.75) is 30.7 Å². The van der Waals surface area contributed by atoms with Crippen LogP contribution in [0.15, 0.2) is 29.2 Å². The highest BCUT2D eigenvalue weighted by atomic mass is 32.2. The lowest BCUT2D eigenvalue weighted by atomic mass is 10.1. The van der Waals surface area contributed by atoms with E-state index in [2.05, 4.69) is 41.8 Å². The first-order chi connectivity index (χ1) is 8.74. The molecule has 0 saturated carbocycles. The van der Waals surface area contributed by atoms with Crippen molar-refractivity contribution in [1.82, 2.24) is 10.6 Å². The molecule has 1 aromatic rings. The molecule has 1 aromatic carbocycles. The van der Waals surface area contributed by atoms with Gasteiger partial charge in [-0.2, -0.15) is 0 Å². The maximum Gasteiger partial charge on any atom is 0.230 e. The van der Waals surface area contributed by atoms with E-state index in [1.54, 1.807) is 11.8 Å². The van der Waals surface area contributed by atoms with Gasteiger partial charge in [0.2, 0.25) is 5.91 Å². The number of nitrogens with one attached hydrogen (secondary N) is 2. The third-order valence-corrected chi connectivity index (χ3v) is 4.06. The second-order valence-corrected chi connectivity index (χ2v) is 5.76. The Morgan fingerprint density at radius 2 is 2.22 bits per heavy atom. The van der Waals surface area contributed by atoms with E-state index in [9.17, 15) is 4.79 Å². The minimum absolute atomic E-state index is 0.134. The highest BCUT2D eigenvalue weighted by Crippen LogP contribution is 2.17. The zero-order valence-electron chi connectivity index (χ0n) is 10.7. The molecule has 1 aliphatic rings. The molecule has 1 amide bonds. The Labute approximate surface area is 113 Å². The van der Waals surface area contributed by atoms with Crippen LogP contribution in [0.2, 0.25) is 0 Å². The Hall–Kier alpha value is -1.00. The predicted molar refractivity (Wildman–Crippen MR) is 75.9 cm³/mol. The van der Waals surface area contributed by atoms with E-state index in [-0.39, 0.29) is 5.91 Å². The van der Waals surface area contributed by atoms with Crippen LogP contribution in [-0.2, 0) is 4.79 Å². The lowest BCUT2D eigenvalue weighted by molar-refractivity contribution is -0.119. The molecule has 3 nitrogen and oxygen atoms in total. The summed E-state index contributed by atoms with van der Waals surface area (Å²) in [6.07, 6.45) is 2.24. The Bertz CT molecular complexity index is 385. The van der Waals surface area contributed by atoms with Crippen molar-refractivity contribution >= 4 is 17.7 Å². The standard InChI is InChI=1S/C14H20N2OS/c1-11-4-6-13(7-5-11)18-10-14(17)16-12-3-2-8-15-9-12/h4-7,12,15H,2-3,8-10H2,1H3,(H,16,17)/t12-/m0/s1. The fourth-order valence-corrected chi connectivity index (χ4v) is 2.74. The van der Waals surface area contributed by atoms with Gasteiger partial charge in [-0.15, -0.1) is 11.8 Å². The number of aryl methyl sites for hydroxylation is 1. The molecule has 98 valence electrons. The van der Waals surface area contributed by atoms with Crippen molar-refractivity contribution in [3.05, 3.63) is 29.8 Å². The first-order valence-corrected chi connectivity index (χ1v) is 7.42. The van der Waals surface area contributed by atoms with Gasteiger partial charge >= 0.3 is 0 Å². The number of rotatable bonds is 4. The van der Waals surface area contributed by atoms with Crippen LogP contribution in [0, 0.1) is 6.92 Å². The summed E-state index contributed by atoms with van der Waals surface area (Å²) >= 11 is 1.59. The van der Waals surface area contributed by atoms with Crippen LogP contribution < -0.4 is 10.6 Å². The normalized spacial score (nSPS) is 19.5. The average molecular weight is 264 g/mol. The highest BCUT2D eigenvalue weighted by Gasteiger charge is 2.14. The topological polar surface area (TPSA) is 41.1 Å². The highest BCUT2D eigenvalue weighted by molar-refractivity contribution is 8.00. The molecular formula is C14H20N2OS. The number of amides is 1. The van der Waals surface area contributed by atoms with Crippen LogP contribution in [0.4, 0.5) is 0 Å². The number of carbonyl (C=O) groups excluding carboxylic acids is 1. The molecule has 2 N–H and O–H groups in total. The first-order valence-electron chi connectivity index (χ1n) is 6.43. The minimum atomic E-state index is 0.134. The molecule has 1 fully saturated rings. The summed E-state index contributed by atoms with van der Waals surface area (Å²) in [6, 6.07) is 8.59. The maximum atomic E-state index is 11.8. The summed E-state index contributed by atoms with van der Waals surface area (Å²) in [4.78, 5) is 12.9. The molecule has 0 unspecified atom stereocenters. The van der Waals surface area contributed by atoms with E-state index in [0.717, 1.165) is 30.8 Å². The number of thioether (sulfide) groups is 1. The molecule has 0 aliphatic carbocycles. The van der Waals surface area contributed by atoms with Gasteiger partial charge in [0.05, 0.1) is 5.75 Å². The van der Waals surface area contributed by atoms with Gasteiger partial charge in [-0.05, 0) is 38.4 Å². The average Bonchev–Trinajstić information content (AvgIpc) is 2.39. The van der Waals surface area contributed by atoms with Crippen LogP contribution in [0.25, 0.3) is 0 Å². The number of carbonyl (C=O) groups is 1. The van der Waals surface area contributed by atoms with Crippen molar-refractivity contribution in [2.24, 2.45) is 0 Å². The minimum Gasteiger partial charge on any atom is -0.351 e. The monoisotopic (exact) mass is 264 g/mol. The molecule has 18 heavy (non-hydrogen) atoms. The summed E-state index contributed by atoms with van der Waals surface area (Å²) < 4.78 is 0. The Kier molecular flexibility index (Phi) is 5.08. The van der Waals surface area contributed by atoms with Crippen molar-refractivity contribution in [2.75, 3.05) is 18.8 Å². The fourth-order valence-electron chi connectivity index (χ4n) is 2.03. The lowest BCUT2D eigenvalue weighted by Gasteiger charge is -2.23.